The molecule has 1 aromatic carbocycles. The van der Waals surface area contributed by atoms with Crippen molar-refractivity contribution in [2.45, 2.75) is 33.1 Å². The van der Waals surface area contributed by atoms with Crippen molar-refractivity contribution in [2.24, 2.45) is 0 Å². The van der Waals surface area contributed by atoms with Crippen LogP contribution in [0.2, 0.25) is 10.0 Å². The van der Waals surface area contributed by atoms with E-state index in [1.165, 1.54) is 0 Å². The Morgan fingerprint density at radius 2 is 1.84 bits per heavy atom. The molecular formula is C14H16Cl2N2S. The molecule has 0 fully saturated rings. The second-order valence-corrected chi connectivity index (χ2v) is 6.76. The lowest BCUT2D eigenvalue weighted by Crippen LogP contribution is -2.17. The molecule has 0 atom stereocenters. The Hall–Kier alpha value is -0.770. The number of benzene rings is 1. The van der Waals surface area contributed by atoms with E-state index in [1.54, 1.807) is 0 Å². The lowest BCUT2D eigenvalue weighted by Gasteiger charge is -2.22. The number of H-pyrrole nitrogens is 1. The van der Waals surface area contributed by atoms with Crippen molar-refractivity contribution in [3.8, 4) is 5.69 Å². The van der Waals surface area contributed by atoms with Gasteiger partial charge >= 0.3 is 0 Å². The Kier molecular flexibility index (Phi) is 3.83. The molecule has 1 aromatic heterocycles. The minimum Gasteiger partial charge on any atom is -0.337 e. The summed E-state index contributed by atoms with van der Waals surface area (Å²) >= 11 is 18.1. The van der Waals surface area contributed by atoms with Crippen molar-refractivity contribution in [2.75, 3.05) is 0 Å². The normalized spacial score (nSPS) is 11.9. The SMILES string of the molecule is Cc1ccc(Cl)c(-n2c(C(C)(C)C)c[nH]c2=S)c1Cl. The smallest absolute Gasteiger partial charge is 0.182 e. The molecule has 102 valence electrons. The van der Waals surface area contributed by atoms with E-state index < -0.39 is 0 Å². The Balaban J connectivity index is 2.84. The van der Waals surface area contributed by atoms with E-state index in [2.05, 4.69) is 25.8 Å². The van der Waals surface area contributed by atoms with E-state index in [1.807, 2.05) is 29.8 Å². The Labute approximate surface area is 128 Å². The first-order chi connectivity index (χ1) is 8.73. The third kappa shape index (κ3) is 2.60. The topological polar surface area (TPSA) is 20.7 Å². The van der Waals surface area contributed by atoms with Gasteiger partial charge in [0.1, 0.15) is 0 Å². The molecule has 2 aromatic rings. The van der Waals surface area contributed by atoms with E-state index >= 15 is 0 Å². The summed E-state index contributed by atoms with van der Waals surface area (Å²) < 4.78 is 2.52. The highest BCUT2D eigenvalue weighted by atomic mass is 35.5. The molecule has 5 heteroatoms. The van der Waals surface area contributed by atoms with Crippen molar-refractivity contribution in [1.82, 2.24) is 9.55 Å². The zero-order valence-electron chi connectivity index (χ0n) is 11.3. The number of nitrogens with zero attached hydrogens (tertiary/aromatic N) is 1. The van der Waals surface area contributed by atoms with Gasteiger partial charge in [0, 0.05) is 17.3 Å². The van der Waals surface area contributed by atoms with Crippen molar-refractivity contribution in [1.29, 1.82) is 0 Å². The van der Waals surface area contributed by atoms with Gasteiger partial charge in [-0.25, -0.2) is 0 Å². The van der Waals surface area contributed by atoms with Gasteiger partial charge in [0.25, 0.3) is 0 Å². The van der Waals surface area contributed by atoms with Crippen molar-refractivity contribution >= 4 is 35.4 Å². The maximum atomic E-state index is 6.42. The van der Waals surface area contributed by atoms with E-state index in [-0.39, 0.29) is 5.41 Å². The molecule has 0 saturated carbocycles. The number of hydrogen-bond donors (Lipinski definition) is 1. The van der Waals surface area contributed by atoms with Crippen LogP contribution in [0.4, 0.5) is 0 Å². The van der Waals surface area contributed by atoms with Gasteiger partial charge in [-0.2, -0.15) is 0 Å². The van der Waals surface area contributed by atoms with Crippen LogP contribution in [0, 0.1) is 11.7 Å². The first-order valence-electron chi connectivity index (χ1n) is 5.99. The number of aromatic nitrogens is 2. The van der Waals surface area contributed by atoms with E-state index in [9.17, 15) is 0 Å². The van der Waals surface area contributed by atoms with Gasteiger partial charge in [-0.05, 0) is 30.8 Å². The summed E-state index contributed by atoms with van der Waals surface area (Å²) in [6, 6.07) is 3.75. The number of halogens is 2. The highest BCUT2D eigenvalue weighted by Crippen LogP contribution is 2.35. The predicted molar refractivity (Wildman–Crippen MR) is 84.4 cm³/mol. The molecule has 0 bridgehead atoms. The zero-order valence-corrected chi connectivity index (χ0v) is 13.7. The molecule has 19 heavy (non-hydrogen) atoms. The van der Waals surface area contributed by atoms with Gasteiger partial charge in [0.2, 0.25) is 0 Å². The molecule has 1 N–H and O–H groups in total. The zero-order chi connectivity index (χ0) is 14.4. The van der Waals surface area contributed by atoms with Crippen LogP contribution in [0.3, 0.4) is 0 Å². The van der Waals surface area contributed by atoms with Gasteiger partial charge in [0.05, 0.1) is 15.7 Å². The summed E-state index contributed by atoms with van der Waals surface area (Å²) in [5.74, 6) is 0. The Morgan fingerprint density at radius 1 is 1.21 bits per heavy atom. The summed E-state index contributed by atoms with van der Waals surface area (Å²) in [6.45, 7) is 8.33. The average molecular weight is 315 g/mol. The number of aromatic amines is 1. The maximum Gasteiger partial charge on any atom is 0.182 e. The largest absolute Gasteiger partial charge is 0.337 e. The first kappa shape index (κ1) is 14.6. The molecule has 0 saturated heterocycles. The molecule has 2 rings (SSSR count). The molecule has 1 heterocycles. The second-order valence-electron chi connectivity index (χ2n) is 5.59. The maximum absolute atomic E-state index is 6.42. The monoisotopic (exact) mass is 314 g/mol. The number of hydrogen-bond acceptors (Lipinski definition) is 1. The van der Waals surface area contributed by atoms with Crippen LogP contribution in [0.5, 0.6) is 0 Å². The number of rotatable bonds is 1. The summed E-state index contributed by atoms with van der Waals surface area (Å²) in [5.41, 5.74) is 2.71. The molecule has 0 aliphatic rings. The summed E-state index contributed by atoms with van der Waals surface area (Å²) in [4.78, 5) is 3.08. The predicted octanol–water partition coefficient (Wildman–Crippen LogP) is 5.45. The molecule has 0 spiro atoms. The van der Waals surface area contributed by atoms with Crippen LogP contribution < -0.4 is 0 Å². The highest BCUT2D eigenvalue weighted by molar-refractivity contribution is 7.71. The van der Waals surface area contributed by atoms with Crippen molar-refractivity contribution in [3.63, 3.8) is 0 Å². The summed E-state index contributed by atoms with van der Waals surface area (Å²) in [7, 11) is 0. The molecule has 0 amide bonds. The molecule has 0 aliphatic heterocycles. The lowest BCUT2D eigenvalue weighted by molar-refractivity contribution is 0.556. The lowest BCUT2D eigenvalue weighted by atomic mass is 9.92. The van der Waals surface area contributed by atoms with Crippen LogP contribution >= 0.6 is 35.4 Å². The van der Waals surface area contributed by atoms with Gasteiger partial charge in [-0.1, -0.05) is 50.0 Å². The molecule has 0 aliphatic carbocycles. The van der Waals surface area contributed by atoms with Crippen LogP contribution in [0.15, 0.2) is 18.3 Å². The molecule has 0 radical (unpaired) electrons. The fourth-order valence-corrected chi connectivity index (χ4v) is 2.78. The van der Waals surface area contributed by atoms with Gasteiger partial charge in [-0.15, -0.1) is 0 Å². The van der Waals surface area contributed by atoms with Crippen LogP contribution in [-0.4, -0.2) is 9.55 Å². The third-order valence-corrected chi connectivity index (χ3v) is 4.11. The molecule has 2 nitrogen and oxygen atoms in total. The van der Waals surface area contributed by atoms with Crippen LogP contribution in [0.1, 0.15) is 32.0 Å². The standard InChI is InChI=1S/C14H16Cl2N2S/c1-8-5-6-9(15)12(11(8)16)18-10(14(2,3)4)7-17-13(18)19/h5-7H,1-4H3,(H,17,19). The van der Waals surface area contributed by atoms with Gasteiger partial charge < -0.3 is 4.98 Å². The fraction of sp³-hybridized carbons (Fsp3) is 0.357. The van der Waals surface area contributed by atoms with Crippen molar-refractivity contribution < 1.29 is 0 Å². The Bertz CT molecular complexity index is 678. The minimum absolute atomic E-state index is 0.0655. The van der Waals surface area contributed by atoms with Crippen molar-refractivity contribution in [3.05, 3.63) is 44.4 Å². The fourth-order valence-electron chi connectivity index (χ4n) is 1.99. The van der Waals surface area contributed by atoms with Crippen LogP contribution in [0.25, 0.3) is 5.69 Å². The summed E-state index contributed by atoms with van der Waals surface area (Å²) in [6.07, 6.45) is 1.91. The number of aryl methyl sites for hydroxylation is 1. The summed E-state index contributed by atoms with van der Waals surface area (Å²) in [5, 5.41) is 1.23. The van der Waals surface area contributed by atoms with Crippen LogP contribution in [-0.2, 0) is 5.41 Å². The highest BCUT2D eigenvalue weighted by Gasteiger charge is 2.23. The van der Waals surface area contributed by atoms with Gasteiger partial charge in [0.15, 0.2) is 4.77 Å². The van der Waals surface area contributed by atoms with E-state index in [0.29, 0.717) is 14.8 Å². The number of nitrogens with one attached hydrogen (secondary N) is 1. The first-order valence-corrected chi connectivity index (χ1v) is 7.16. The molecule has 0 unspecified atom stereocenters. The third-order valence-electron chi connectivity index (χ3n) is 3.03. The quantitative estimate of drug-likeness (QED) is 0.694. The second kappa shape index (κ2) is 4.97. The minimum atomic E-state index is -0.0655. The molecular weight excluding hydrogens is 299 g/mol. The number of imidazole rings is 1. The van der Waals surface area contributed by atoms with E-state index in [0.717, 1.165) is 16.9 Å². The average Bonchev–Trinajstić information content (AvgIpc) is 2.67. The van der Waals surface area contributed by atoms with Gasteiger partial charge in [-0.3, -0.25) is 4.57 Å². The Morgan fingerprint density at radius 3 is 2.42 bits per heavy atom. The van der Waals surface area contributed by atoms with E-state index in [4.69, 9.17) is 35.4 Å².